The number of carbonyl (C=O) groups excluding carboxylic acids is 1. The molecule has 0 aliphatic heterocycles. The molecule has 112 valence electrons. The maximum Gasteiger partial charge on any atom is 0.137 e. The molecule has 1 aliphatic carbocycles. The number of ketones is 1. The third-order valence-electron chi connectivity index (χ3n) is 4.34. The first-order valence-corrected chi connectivity index (χ1v) is 8.35. The second-order valence-electron chi connectivity index (χ2n) is 6.73. The van der Waals surface area contributed by atoms with Crippen molar-refractivity contribution in [2.24, 2.45) is 11.8 Å². The average Bonchev–Trinajstić information content (AvgIpc) is 2.39. The molecule has 1 unspecified atom stereocenters. The van der Waals surface area contributed by atoms with Gasteiger partial charge in [-0.1, -0.05) is 46.0 Å². The molecular formula is C17H33NO. The molecule has 1 atom stereocenters. The standard InChI is InChI=1S/C17H33NO/c1-14(2)8-7-9-15(3)18-13-12-17(19)16-10-5-4-6-11-16/h14-16,18H,4-13H2,1-3H3. The molecule has 2 heteroatoms. The molecule has 0 aromatic heterocycles. The summed E-state index contributed by atoms with van der Waals surface area (Å²) in [7, 11) is 0. The van der Waals surface area contributed by atoms with Crippen LogP contribution in [0.25, 0.3) is 0 Å². The van der Waals surface area contributed by atoms with E-state index in [1.54, 1.807) is 0 Å². The number of hydrogen-bond acceptors (Lipinski definition) is 2. The van der Waals surface area contributed by atoms with E-state index in [1.807, 2.05) is 0 Å². The Bertz CT molecular complexity index is 244. The lowest BCUT2D eigenvalue weighted by Gasteiger charge is -2.21. The van der Waals surface area contributed by atoms with Gasteiger partial charge in [0.25, 0.3) is 0 Å². The summed E-state index contributed by atoms with van der Waals surface area (Å²) < 4.78 is 0. The number of carbonyl (C=O) groups is 1. The summed E-state index contributed by atoms with van der Waals surface area (Å²) in [5, 5.41) is 3.51. The Kier molecular flexibility index (Phi) is 8.36. The van der Waals surface area contributed by atoms with Crippen LogP contribution in [0.4, 0.5) is 0 Å². The molecule has 1 rings (SSSR count). The first-order valence-electron chi connectivity index (χ1n) is 8.35. The minimum atomic E-state index is 0.381. The normalized spacial score (nSPS) is 18.7. The lowest BCUT2D eigenvalue weighted by molar-refractivity contribution is -0.123. The summed E-state index contributed by atoms with van der Waals surface area (Å²) in [6, 6.07) is 0.554. The molecule has 0 spiro atoms. The van der Waals surface area contributed by atoms with Crippen LogP contribution in [0.15, 0.2) is 0 Å². The van der Waals surface area contributed by atoms with E-state index in [0.717, 1.165) is 31.7 Å². The van der Waals surface area contributed by atoms with Gasteiger partial charge in [0.1, 0.15) is 5.78 Å². The SMILES string of the molecule is CC(C)CCCC(C)NCCC(=O)C1CCCCC1. The second-order valence-corrected chi connectivity index (χ2v) is 6.73. The van der Waals surface area contributed by atoms with Crippen LogP contribution in [0.3, 0.4) is 0 Å². The van der Waals surface area contributed by atoms with E-state index in [4.69, 9.17) is 0 Å². The Morgan fingerprint density at radius 2 is 1.79 bits per heavy atom. The molecule has 1 saturated carbocycles. The van der Waals surface area contributed by atoms with E-state index in [0.29, 0.717) is 17.7 Å². The number of hydrogen-bond donors (Lipinski definition) is 1. The predicted octanol–water partition coefficient (Wildman–Crippen LogP) is 4.33. The molecule has 0 bridgehead atoms. The fraction of sp³-hybridized carbons (Fsp3) is 0.941. The molecule has 1 N–H and O–H groups in total. The first kappa shape index (κ1) is 16.7. The van der Waals surface area contributed by atoms with Gasteiger partial charge < -0.3 is 5.32 Å². The van der Waals surface area contributed by atoms with E-state index in [-0.39, 0.29) is 0 Å². The summed E-state index contributed by atoms with van der Waals surface area (Å²) >= 11 is 0. The van der Waals surface area contributed by atoms with Crippen LogP contribution in [0.5, 0.6) is 0 Å². The Morgan fingerprint density at radius 1 is 1.11 bits per heavy atom. The minimum Gasteiger partial charge on any atom is -0.314 e. The van der Waals surface area contributed by atoms with Crippen molar-refractivity contribution in [3.05, 3.63) is 0 Å². The number of nitrogens with one attached hydrogen (secondary N) is 1. The van der Waals surface area contributed by atoms with Crippen molar-refractivity contribution in [3.63, 3.8) is 0 Å². The fourth-order valence-corrected chi connectivity index (χ4v) is 3.00. The van der Waals surface area contributed by atoms with Crippen molar-refractivity contribution < 1.29 is 4.79 Å². The van der Waals surface area contributed by atoms with E-state index in [2.05, 4.69) is 26.1 Å². The summed E-state index contributed by atoms with van der Waals surface area (Å²) in [5.74, 6) is 1.69. The van der Waals surface area contributed by atoms with Crippen LogP contribution in [0.1, 0.15) is 78.6 Å². The molecule has 1 fully saturated rings. The Labute approximate surface area is 119 Å². The van der Waals surface area contributed by atoms with Crippen molar-refractivity contribution >= 4 is 5.78 Å². The molecule has 0 heterocycles. The van der Waals surface area contributed by atoms with Crippen molar-refractivity contribution in [3.8, 4) is 0 Å². The van der Waals surface area contributed by atoms with Crippen molar-refractivity contribution in [1.29, 1.82) is 0 Å². The first-order chi connectivity index (χ1) is 9.09. The zero-order chi connectivity index (χ0) is 14.1. The quantitative estimate of drug-likeness (QED) is 0.673. The van der Waals surface area contributed by atoms with Crippen LogP contribution in [-0.2, 0) is 4.79 Å². The molecule has 0 aromatic carbocycles. The molecule has 19 heavy (non-hydrogen) atoms. The third-order valence-corrected chi connectivity index (χ3v) is 4.34. The van der Waals surface area contributed by atoms with Gasteiger partial charge in [-0.25, -0.2) is 0 Å². The maximum absolute atomic E-state index is 12.0. The Hall–Kier alpha value is -0.370. The summed E-state index contributed by atoms with van der Waals surface area (Å²) in [6.45, 7) is 7.67. The van der Waals surface area contributed by atoms with Crippen LogP contribution < -0.4 is 5.32 Å². The van der Waals surface area contributed by atoms with Gasteiger partial charge in [-0.2, -0.15) is 0 Å². The highest BCUT2D eigenvalue weighted by Crippen LogP contribution is 2.25. The molecule has 2 nitrogen and oxygen atoms in total. The molecular weight excluding hydrogens is 234 g/mol. The lowest BCUT2D eigenvalue weighted by Crippen LogP contribution is -2.30. The summed E-state index contributed by atoms with van der Waals surface area (Å²) in [4.78, 5) is 12.0. The van der Waals surface area contributed by atoms with Crippen LogP contribution in [0, 0.1) is 11.8 Å². The van der Waals surface area contributed by atoms with E-state index >= 15 is 0 Å². The minimum absolute atomic E-state index is 0.381. The predicted molar refractivity (Wildman–Crippen MR) is 82.4 cm³/mol. The molecule has 0 amide bonds. The highest BCUT2D eigenvalue weighted by Gasteiger charge is 2.20. The molecule has 1 aliphatic rings. The highest BCUT2D eigenvalue weighted by molar-refractivity contribution is 5.81. The number of Topliss-reactive ketones (excluding diaryl/α,β-unsaturated/α-hetero) is 1. The second kappa shape index (κ2) is 9.52. The summed E-state index contributed by atoms with van der Waals surface area (Å²) in [6.07, 6.45) is 10.7. The van der Waals surface area contributed by atoms with Gasteiger partial charge >= 0.3 is 0 Å². The topological polar surface area (TPSA) is 29.1 Å². The summed E-state index contributed by atoms with van der Waals surface area (Å²) in [5.41, 5.74) is 0. The maximum atomic E-state index is 12.0. The van der Waals surface area contributed by atoms with Crippen molar-refractivity contribution in [1.82, 2.24) is 5.32 Å². The van der Waals surface area contributed by atoms with Crippen LogP contribution in [0.2, 0.25) is 0 Å². The lowest BCUT2D eigenvalue weighted by atomic mass is 9.85. The number of rotatable bonds is 9. The van der Waals surface area contributed by atoms with E-state index in [1.165, 1.54) is 38.5 Å². The Morgan fingerprint density at radius 3 is 2.42 bits per heavy atom. The smallest absolute Gasteiger partial charge is 0.137 e. The van der Waals surface area contributed by atoms with Gasteiger partial charge in [0.05, 0.1) is 0 Å². The zero-order valence-electron chi connectivity index (χ0n) is 13.2. The van der Waals surface area contributed by atoms with Gasteiger partial charge in [0.15, 0.2) is 0 Å². The third kappa shape index (κ3) is 7.71. The molecule has 0 aromatic rings. The van der Waals surface area contributed by atoms with Crippen molar-refractivity contribution in [2.75, 3.05) is 6.54 Å². The molecule has 0 radical (unpaired) electrons. The van der Waals surface area contributed by atoms with Crippen LogP contribution in [-0.4, -0.2) is 18.4 Å². The van der Waals surface area contributed by atoms with Gasteiger partial charge in [0.2, 0.25) is 0 Å². The molecule has 0 saturated heterocycles. The van der Waals surface area contributed by atoms with Gasteiger partial charge in [0, 0.05) is 24.9 Å². The average molecular weight is 267 g/mol. The van der Waals surface area contributed by atoms with Gasteiger partial charge in [-0.15, -0.1) is 0 Å². The van der Waals surface area contributed by atoms with E-state index < -0.39 is 0 Å². The van der Waals surface area contributed by atoms with Gasteiger partial charge in [-0.3, -0.25) is 4.79 Å². The van der Waals surface area contributed by atoms with Crippen LogP contribution >= 0.6 is 0 Å². The van der Waals surface area contributed by atoms with Gasteiger partial charge in [-0.05, 0) is 32.1 Å². The fourth-order valence-electron chi connectivity index (χ4n) is 3.00. The largest absolute Gasteiger partial charge is 0.314 e. The van der Waals surface area contributed by atoms with E-state index in [9.17, 15) is 4.79 Å². The highest BCUT2D eigenvalue weighted by atomic mass is 16.1. The monoisotopic (exact) mass is 267 g/mol. The van der Waals surface area contributed by atoms with Crippen molar-refractivity contribution in [2.45, 2.75) is 84.6 Å². The zero-order valence-corrected chi connectivity index (χ0v) is 13.2. The Balaban J connectivity index is 2.03.